The van der Waals surface area contributed by atoms with Crippen LogP contribution < -0.4 is 20.1 Å². The van der Waals surface area contributed by atoms with Gasteiger partial charge in [0.1, 0.15) is 6.61 Å². The molecule has 2 N–H and O–H groups in total. The van der Waals surface area contributed by atoms with Crippen molar-refractivity contribution in [2.24, 2.45) is 0 Å². The Morgan fingerprint density at radius 3 is 2.66 bits per heavy atom. The molecule has 2 rings (SSSR count). The van der Waals surface area contributed by atoms with Gasteiger partial charge in [-0.05, 0) is 49.4 Å². The average Bonchev–Trinajstić information content (AvgIpc) is 2.71. The Labute approximate surface area is 172 Å². The highest BCUT2D eigenvalue weighted by atomic mass is 16.5. The van der Waals surface area contributed by atoms with Crippen molar-refractivity contribution in [1.29, 1.82) is 0 Å². The van der Waals surface area contributed by atoms with Crippen molar-refractivity contribution in [3.63, 3.8) is 0 Å². The number of nitrogens with one attached hydrogen (secondary N) is 2. The number of methoxy groups -OCH3 is 1. The first-order valence-electron chi connectivity index (χ1n) is 9.83. The molecule has 0 atom stereocenters. The van der Waals surface area contributed by atoms with Crippen LogP contribution in [-0.4, -0.2) is 39.1 Å². The number of carbonyl (C=O) groups excluding carboxylic acids is 2. The van der Waals surface area contributed by atoms with E-state index in [1.807, 2.05) is 12.1 Å². The number of hydrogen-bond acceptors (Lipinski definition) is 4. The molecule has 0 aliphatic heterocycles. The second-order valence-electron chi connectivity index (χ2n) is 6.92. The van der Waals surface area contributed by atoms with Gasteiger partial charge >= 0.3 is 0 Å². The maximum atomic E-state index is 12.3. The number of amides is 2. The summed E-state index contributed by atoms with van der Waals surface area (Å²) in [5.74, 6) is 1.05. The van der Waals surface area contributed by atoms with E-state index in [2.05, 4.69) is 42.7 Å². The molecule has 0 aliphatic carbocycles. The third kappa shape index (κ3) is 7.14. The molecule has 6 heteroatoms. The molecule has 0 aliphatic rings. The molecule has 2 amide bonds. The fraction of sp³-hybridized carbons (Fsp3) is 0.391. The van der Waals surface area contributed by atoms with Crippen LogP contribution in [0.1, 0.15) is 28.7 Å². The SMILES string of the molecule is COc1c(CC(=O)NCCCc2ccc(C)c(C)c2)cccc1OCCNC=O. The Morgan fingerprint density at radius 2 is 1.93 bits per heavy atom. The molecule has 0 bridgehead atoms. The first-order valence-corrected chi connectivity index (χ1v) is 9.83. The van der Waals surface area contributed by atoms with Crippen molar-refractivity contribution < 1.29 is 19.1 Å². The minimum atomic E-state index is -0.0526. The summed E-state index contributed by atoms with van der Waals surface area (Å²) in [6.45, 7) is 5.57. The van der Waals surface area contributed by atoms with Crippen LogP contribution in [0.25, 0.3) is 0 Å². The van der Waals surface area contributed by atoms with E-state index in [-0.39, 0.29) is 12.3 Å². The van der Waals surface area contributed by atoms with Crippen LogP contribution in [0, 0.1) is 13.8 Å². The van der Waals surface area contributed by atoms with Crippen LogP contribution in [0.15, 0.2) is 36.4 Å². The Hall–Kier alpha value is -3.02. The lowest BCUT2D eigenvalue weighted by Gasteiger charge is -2.14. The summed E-state index contributed by atoms with van der Waals surface area (Å²) < 4.78 is 11.1. The van der Waals surface area contributed by atoms with Gasteiger partial charge in [-0.25, -0.2) is 0 Å². The molecule has 0 unspecified atom stereocenters. The standard InChI is InChI=1S/C23H30N2O4/c1-17-9-10-19(14-18(17)2)6-5-11-25-22(27)15-20-7-4-8-21(23(20)28-3)29-13-12-24-16-26/h4,7-10,14,16H,5-6,11-13,15H2,1-3H3,(H,24,26)(H,25,27). The molecule has 0 aromatic heterocycles. The van der Waals surface area contributed by atoms with Crippen molar-refractivity contribution in [2.45, 2.75) is 33.1 Å². The highest BCUT2D eigenvalue weighted by Crippen LogP contribution is 2.31. The molecular formula is C23H30N2O4. The van der Waals surface area contributed by atoms with Crippen LogP contribution >= 0.6 is 0 Å². The van der Waals surface area contributed by atoms with E-state index >= 15 is 0 Å². The predicted octanol–water partition coefficient (Wildman–Crippen LogP) is 2.73. The second-order valence-corrected chi connectivity index (χ2v) is 6.92. The lowest BCUT2D eigenvalue weighted by Crippen LogP contribution is -2.26. The van der Waals surface area contributed by atoms with Gasteiger partial charge < -0.3 is 20.1 Å². The first-order chi connectivity index (χ1) is 14.0. The highest BCUT2D eigenvalue weighted by molar-refractivity contribution is 5.79. The summed E-state index contributed by atoms with van der Waals surface area (Å²) in [4.78, 5) is 22.6. The van der Waals surface area contributed by atoms with E-state index in [1.165, 1.54) is 16.7 Å². The zero-order valence-corrected chi connectivity index (χ0v) is 17.4. The van der Waals surface area contributed by atoms with Gasteiger partial charge in [0.2, 0.25) is 12.3 Å². The summed E-state index contributed by atoms with van der Waals surface area (Å²) in [6, 6.07) is 11.9. The zero-order valence-electron chi connectivity index (χ0n) is 17.4. The number of rotatable bonds is 12. The van der Waals surface area contributed by atoms with E-state index in [0.717, 1.165) is 18.4 Å². The molecule has 2 aromatic rings. The third-order valence-electron chi connectivity index (χ3n) is 4.74. The van der Waals surface area contributed by atoms with Crippen molar-refractivity contribution in [3.05, 3.63) is 58.7 Å². The lowest BCUT2D eigenvalue weighted by atomic mass is 10.0. The maximum absolute atomic E-state index is 12.3. The maximum Gasteiger partial charge on any atom is 0.224 e. The molecule has 0 spiro atoms. The second kappa shape index (κ2) is 11.7. The minimum absolute atomic E-state index is 0.0526. The van der Waals surface area contributed by atoms with Crippen molar-refractivity contribution in [1.82, 2.24) is 10.6 Å². The molecule has 0 saturated heterocycles. The molecule has 0 fully saturated rings. The number of benzene rings is 2. The summed E-state index contributed by atoms with van der Waals surface area (Å²) in [7, 11) is 1.55. The van der Waals surface area contributed by atoms with Crippen LogP contribution in [-0.2, 0) is 22.4 Å². The average molecular weight is 399 g/mol. The molecule has 6 nitrogen and oxygen atoms in total. The number of aryl methyl sites for hydroxylation is 3. The van der Waals surface area contributed by atoms with Crippen molar-refractivity contribution in [2.75, 3.05) is 26.8 Å². The fourth-order valence-electron chi connectivity index (χ4n) is 3.04. The predicted molar refractivity (Wildman–Crippen MR) is 114 cm³/mol. The fourth-order valence-corrected chi connectivity index (χ4v) is 3.04. The van der Waals surface area contributed by atoms with E-state index in [1.54, 1.807) is 13.2 Å². The molecule has 0 radical (unpaired) electrons. The Morgan fingerprint density at radius 1 is 1.10 bits per heavy atom. The van der Waals surface area contributed by atoms with Crippen LogP contribution in [0.5, 0.6) is 11.5 Å². The van der Waals surface area contributed by atoms with Crippen molar-refractivity contribution >= 4 is 12.3 Å². The van der Waals surface area contributed by atoms with Gasteiger partial charge in [0.15, 0.2) is 11.5 Å². The van der Waals surface area contributed by atoms with E-state index < -0.39 is 0 Å². The molecule has 156 valence electrons. The third-order valence-corrected chi connectivity index (χ3v) is 4.74. The lowest BCUT2D eigenvalue weighted by molar-refractivity contribution is -0.120. The van der Waals surface area contributed by atoms with E-state index in [9.17, 15) is 9.59 Å². The summed E-state index contributed by atoms with van der Waals surface area (Å²) in [6.07, 6.45) is 2.67. The number of ether oxygens (including phenoxy) is 2. The van der Waals surface area contributed by atoms with E-state index in [0.29, 0.717) is 37.6 Å². The van der Waals surface area contributed by atoms with Gasteiger partial charge in [-0.2, -0.15) is 0 Å². The highest BCUT2D eigenvalue weighted by Gasteiger charge is 2.13. The van der Waals surface area contributed by atoms with Gasteiger partial charge in [0.05, 0.1) is 20.1 Å². The van der Waals surface area contributed by atoms with E-state index in [4.69, 9.17) is 9.47 Å². The van der Waals surface area contributed by atoms with Gasteiger partial charge in [0.25, 0.3) is 0 Å². The monoisotopic (exact) mass is 398 g/mol. The Bertz CT molecular complexity index is 821. The van der Waals surface area contributed by atoms with Crippen LogP contribution in [0.2, 0.25) is 0 Å². The summed E-state index contributed by atoms with van der Waals surface area (Å²) in [5, 5.41) is 5.51. The zero-order chi connectivity index (χ0) is 21.1. The Balaban J connectivity index is 1.83. The molecule has 0 heterocycles. The Kier molecular flexibility index (Phi) is 9.02. The van der Waals surface area contributed by atoms with Gasteiger partial charge in [0, 0.05) is 12.1 Å². The number of carbonyl (C=O) groups is 2. The quantitative estimate of drug-likeness (QED) is 0.426. The van der Waals surface area contributed by atoms with Crippen LogP contribution in [0.3, 0.4) is 0 Å². The summed E-state index contributed by atoms with van der Waals surface area (Å²) in [5.41, 5.74) is 4.64. The molecule has 0 saturated carbocycles. The van der Waals surface area contributed by atoms with Gasteiger partial charge in [-0.1, -0.05) is 30.3 Å². The smallest absolute Gasteiger partial charge is 0.224 e. The van der Waals surface area contributed by atoms with Gasteiger partial charge in [-0.3, -0.25) is 9.59 Å². The van der Waals surface area contributed by atoms with Crippen LogP contribution in [0.4, 0.5) is 0 Å². The molecular weight excluding hydrogens is 368 g/mol. The largest absolute Gasteiger partial charge is 0.493 e. The minimum Gasteiger partial charge on any atom is -0.493 e. The first kappa shape index (κ1) is 22.3. The normalized spacial score (nSPS) is 10.3. The topological polar surface area (TPSA) is 76.7 Å². The molecule has 29 heavy (non-hydrogen) atoms. The van der Waals surface area contributed by atoms with Crippen molar-refractivity contribution in [3.8, 4) is 11.5 Å². The number of para-hydroxylation sites is 1. The summed E-state index contributed by atoms with van der Waals surface area (Å²) >= 11 is 0. The van der Waals surface area contributed by atoms with Gasteiger partial charge in [-0.15, -0.1) is 0 Å². The molecule has 2 aromatic carbocycles. The number of hydrogen-bond donors (Lipinski definition) is 2.